The SMILES string of the molecule is O=C(Nc1ccc(F)cc1)[C@@H](c1ccccc1)N1CCC(CO)CC1. The van der Waals surface area contributed by atoms with Crippen LogP contribution in [0.25, 0.3) is 0 Å². The average Bonchev–Trinajstić information content (AvgIpc) is 2.65. The molecule has 2 aromatic carbocycles. The van der Waals surface area contributed by atoms with Crippen molar-refractivity contribution in [3.05, 3.63) is 66.0 Å². The Morgan fingerprint density at radius 3 is 2.36 bits per heavy atom. The molecule has 0 bridgehead atoms. The van der Waals surface area contributed by atoms with E-state index in [-0.39, 0.29) is 18.3 Å². The van der Waals surface area contributed by atoms with E-state index in [9.17, 15) is 14.3 Å². The Bertz CT molecular complexity index is 683. The van der Waals surface area contributed by atoms with E-state index in [0.717, 1.165) is 31.5 Å². The number of aliphatic hydroxyl groups excluding tert-OH is 1. The molecule has 1 fully saturated rings. The highest BCUT2D eigenvalue weighted by molar-refractivity contribution is 5.95. The molecule has 1 aliphatic heterocycles. The fourth-order valence-electron chi connectivity index (χ4n) is 3.30. The first-order valence-corrected chi connectivity index (χ1v) is 8.63. The quantitative estimate of drug-likeness (QED) is 0.877. The largest absolute Gasteiger partial charge is 0.396 e. The second-order valence-corrected chi connectivity index (χ2v) is 6.47. The van der Waals surface area contributed by atoms with Crippen LogP contribution in [0, 0.1) is 11.7 Å². The highest BCUT2D eigenvalue weighted by Crippen LogP contribution is 2.28. The van der Waals surface area contributed by atoms with Gasteiger partial charge in [-0.05, 0) is 61.7 Å². The third-order valence-corrected chi connectivity index (χ3v) is 4.75. The highest BCUT2D eigenvalue weighted by Gasteiger charge is 2.30. The van der Waals surface area contributed by atoms with E-state index in [0.29, 0.717) is 11.6 Å². The molecule has 0 radical (unpaired) electrons. The maximum absolute atomic E-state index is 13.1. The van der Waals surface area contributed by atoms with Gasteiger partial charge in [-0.3, -0.25) is 9.69 Å². The van der Waals surface area contributed by atoms with Crippen molar-refractivity contribution in [1.29, 1.82) is 0 Å². The number of piperidine rings is 1. The standard InChI is InChI=1S/C20H23FN2O2/c21-17-6-8-18(9-7-17)22-20(25)19(16-4-2-1-3-5-16)23-12-10-15(14-24)11-13-23/h1-9,15,19,24H,10-14H2,(H,22,25)/t19-/m1/s1. The van der Waals surface area contributed by atoms with Crippen LogP contribution in [0.5, 0.6) is 0 Å². The topological polar surface area (TPSA) is 52.6 Å². The first-order chi connectivity index (χ1) is 12.2. The molecule has 3 rings (SSSR count). The molecule has 0 aliphatic carbocycles. The van der Waals surface area contributed by atoms with Gasteiger partial charge in [0.1, 0.15) is 11.9 Å². The zero-order valence-electron chi connectivity index (χ0n) is 14.1. The second kappa shape index (κ2) is 8.23. The number of aliphatic hydroxyl groups is 1. The normalized spacial score (nSPS) is 17.2. The number of nitrogens with one attached hydrogen (secondary N) is 1. The summed E-state index contributed by atoms with van der Waals surface area (Å²) >= 11 is 0. The number of likely N-dealkylation sites (tertiary alicyclic amines) is 1. The third-order valence-electron chi connectivity index (χ3n) is 4.75. The molecule has 4 nitrogen and oxygen atoms in total. The van der Waals surface area contributed by atoms with Crippen LogP contribution >= 0.6 is 0 Å². The summed E-state index contributed by atoms with van der Waals surface area (Å²) in [7, 11) is 0. The summed E-state index contributed by atoms with van der Waals surface area (Å²) in [5.74, 6) is -0.142. The predicted molar refractivity (Wildman–Crippen MR) is 95.6 cm³/mol. The van der Waals surface area contributed by atoms with E-state index >= 15 is 0 Å². The first-order valence-electron chi connectivity index (χ1n) is 8.63. The van der Waals surface area contributed by atoms with Gasteiger partial charge in [-0.2, -0.15) is 0 Å². The van der Waals surface area contributed by atoms with Crippen LogP contribution in [0.4, 0.5) is 10.1 Å². The van der Waals surface area contributed by atoms with Crippen LogP contribution < -0.4 is 5.32 Å². The molecular formula is C20H23FN2O2. The highest BCUT2D eigenvalue weighted by atomic mass is 19.1. The Morgan fingerprint density at radius 2 is 1.76 bits per heavy atom. The Morgan fingerprint density at radius 1 is 1.12 bits per heavy atom. The van der Waals surface area contributed by atoms with Crippen molar-refractivity contribution < 1.29 is 14.3 Å². The van der Waals surface area contributed by atoms with E-state index in [1.165, 1.54) is 12.1 Å². The van der Waals surface area contributed by atoms with Crippen molar-refractivity contribution in [2.24, 2.45) is 5.92 Å². The van der Waals surface area contributed by atoms with Crippen molar-refractivity contribution in [1.82, 2.24) is 4.90 Å². The molecule has 132 valence electrons. The van der Waals surface area contributed by atoms with Crippen LogP contribution in [0.1, 0.15) is 24.4 Å². The molecule has 0 spiro atoms. The molecule has 5 heteroatoms. The molecule has 1 saturated heterocycles. The maximum atomic E-state index is 13.1. The van der Waals surface area contributed by atoms with Gasteiger partial charge in [0.05, 0.1) is 0 Å². The van der Waals surface area contributed by atoms with Crippen molar-refractivity contribution in [3.8, 4) is 0 Å². The number of benzene rings is 2. The van der Waals surface area contributed by atoms with Crippen LogP contribution in [0.2, 0.25) is 0 Å². The van der Waals surface area contributed by atoms with E-state index < -0.39 is 6.04 Å². The summed E-state index contributed by atoms with van der Waals surface area (Å²) in [6.45, 7) is 1.73. The average molecular weight is 342 g/mol. The molecule has 1 atom stereocenters. The lowest BCUT2D eigenvalue weighted by atomic mass is 9.94. The lowest BCUT2D eigenvalue weighted by Gasteiger charge is -2.36. The van der Waals surface area contributed by atoms with E-state index in [1.807, 2.05) is 30.3 Å². The van der Waals surface area contributed by atoms with Gasteiger partial charge in [0.2, 0.25) is 5.91 Å². The molecule has 25 heavy (non-hydrogen) atoms. The second-order valence-electron chi connectivity index (χ2n) is 6.47. The molecular weight excluding hydrogens is 319 g/mol. The summed E-state index contributed by atoms with van der Waals surface area (Å²) in [4.78, 5) is 15.1. The zero-order chi connectivity index (χ0) is 17.6. The summed E-state index contributed by atoms with van der Waals surface area (Å²) < 4.78 is 13.1. The zero-order valence-corrected chi connectivity index (χ0v) is 14.1. The molecule has 2 aromatic rings. The van der Waals surface area contributed by atoms with Crippen LogP contribution in [0.3, 0.4) is 0 Å². The van der Waals surface area contributed by atoms with Crippen molar-refractivity contribution in [3.63, 3.8) is 0 Å². The van der Waals surface area contributed by atoms with E-state index in [2.05, 4.69) is 10.2 Å². The molecule has 2 N–H and O–H groups in total. The number of nitrogens with zero attached hydrogens (tertiary/aromatic N) is 1. The fraction of sp³-hybridized carbons (Fsp3) is 0.350. The van der Waals surface area contributed by atoms with Gasteiger partial charge in [0, 0.05) is 12.3 Å². The van der Waals surface area contributed by atoms with Gasteiger partial charge in [-0.15, -0.1) is 0 Å². The predicted octanol–water partition coefficient (Wildman–Crippen LogP) is 3.21. The number of rotatable bonds is 5. The summed E-state index contributed by atoms with van der Waals surface area (Å²) in [5.41, 5.74) is 1.52. The van der Waals surface area contributed by atoms with Gasteiger partial charge >= 0.3 is 0 Å². The van der Waals surface area contributed by atoms with Crippen molar-refractivity contribution in [2.75, 3.05) is 25.0 Å². The number of carbonyl (C=O) groups is 1. The van der Waals surface area contributed by atoms with E-state index in [4.69, 9.17) is 0 Å². The number of carbonyl (C=O) groups excluding carboxylic acids is 1. The Hall–Kier alpha value is -2.24. The van der Waals surface area contributed by atoms with Gasteiger partial charge in [0.25, 0.3) is 0 Å². The van der Waals surface area contributed by atoms with Crippen LogP contribution in [-0.4, -0.2) is 35.6 Å². The first kappa shape index (κ1) is 17.6. The third kappa shape index (κ3) is 4.44. The number of hydrogen-bond donors (Lipinski definition) is 2. The number of hydrogen-bond acceptors (Lipinski definition) is 3. The lowest BCUT2D eigenvalue weighted by molar-refractivity contribution is -0.122. The molecule has 0 aromatic heterocycles. The minimum absolute atomic E-state index is 0.125. The molecule has 1 amide bonds. The number of halogens is 1. The molecule has 1 heterocycles. The van der Waals surface area contributed by atoms with E-state index in [1.54, 1.807) is 12.1 Å². The van der Waals surface area contributed by atoms with Gasteiger partial charge in [0.15, 0.2) is 0 Å². The Labute approximate surface area is 147 Å². The maximum Gasteiger partial charge on any atom is 0.246 e. The van der Waals surface area contributed by atoms with Crippen molar-refractivity contribution >= 4 is 11.6 Å². The van der Waals surface area contributed by atoms with Gasteiger partial charge in [-0.25, -0.2) is 4.39 Å². The number of amides is 1. The minimum Gasteiger partial charge on any atom is -0.396 e. The summed E-state index contributed by atoms with van der Waals surface area (Å²) in [5, 5.41) is 12.2. The Balaban J connectivity index is 1.78. The fourth-order valence-corrected chi connectivity index (χ4v) is 3.30. The van der Waals surface area contributed by atoms with Crippen LogP contribution in [-0.2, 0) is 4.79 Å². The van der Waals surface area contributed by atoms with Gasteiger partial charge in [-0.1, -0.05) is 30.3 Å². The monoisotopic (exact) mass is 342 g/mol. The molecule has 0 unspecified atom stereocenters. The molecule has 0 saturated carbocycles. The van der Waals surface area contributed by atoms with Crippen molar-refractivity contribution in [2.45, 2.75) is 18.9 Å². The van der Waals surface area contributed by atoms with Crippen LogP contribution in [0.15, 0.2) is 54.6 Å². The number of anilines is 1. The summed E-state index contributed by atoms with van der Waals surface area (Å²) in [6, 6.07) is 15.1. The Kier molecular flexibility index (Phi) is 5.79. The minimum atomic E-state index is -0.397. The smallest absolute Gasteiger partial charge is 0.246 e. The summed E-state index contributed by atoms with van der Waals surface area (Å²) in [6.07, 6.45) is 1.76. The lowest BCUT2D eigenvalue weighted by Crippen LogP contribution is -2.42. The van der Waals surface area contributed by atoms with Gasteiger partial charge < -0.3 is 10.4 Å². The molecule has 1 aliphatic rings.